The van der Waals surface area contributed by atoms with E-state index in [-0.39, 0.29) is 32.0 Å². The van der Waals surface area contributed by atoms with Crippen molar-refractivity contribution in [3.63, 3.8) is 0 Å². The zero-order chi connectivity index (χ0) is 44.3. The molecule has 0 aliphatic heterocycles. The molecule has 2 atom stereocenters. The summed E-state index contributed by atoms with van der Waals surface area (Å²) < 4.78 is 34.4. The van der Waals surface area contributed by atoms with Crippen LogP contribution in [0.4, 0.5) is 0 Å². The monoisotopic (exact) mass is 871 g/mol. The van der Waals surface area contributed by atoms with Crippen LogP contribution < -0.4 is 0 Å². The van der Waals surface area contributed by atoms with Gasteiger partial charge in [0.05, 0.1) is 27.7 Å². The molecule has 0 amide bonds. The topological polar surface area (TPSA) is 108 Å². The molecule has 0 aromatic rings. The van der Waals surface area contributed by atoms with E-state index in [1.165, 1.54) is 161 Å². The quantitative estimate of drug-likeness (QED) is 0.0212. The maximum Gasteiger partial charge on any atom is 0.472 e. The molecule has 0 aromatic heterocycles. The van der Waals surface area contributed by atoms with E-state index in [2.05, 4.69) is 38.2 Å². The molecule has 0 bridgehead atoms. The van der Waals surface area contributed by atoms with Crippen LogP contribution in [0.2, 0.25) is 0 Å². The van der Waals surface area contributed by atoms with Crippen LogP contribution in [0.5, 0.6) is 0 Å². The molecular weight excluding hydrogens is 774 g/mol. The maximum absolute atomic E-state index is 12.7. The fourth-order valence-electron chi connectivity index (χ4n) is 7.00. The Hall–Kier alpha value is -1.51. The van der Waals surface area contributed by atoms with Gasteiger partial charge >= 0.3 is 19.8 Å². The molecule has 0 heterocycles. The van der Waals surface area contributed by atoms with Crippen molar-refractivity contribution in [2.45, 2.75) is 238 Å². The van der Waals surface area contributed by atoms with Gasteiger partial charge in [0, 0.05) is 12.8 Å². The van der Waals surface area contributed by atoms with Crippen LogP contribution in [-0.4, -0.2) is 74.9 Å². The zero-order valence-electron chi connectivity index (χ0n) is 40.0. The normalized spacial score (nSPS) is 13.6. The molecule has 354 valence electrons. The van der Waals surface area contributed by atoms with Crippen LogP contribution in [0.1, 0.15) is 232 Å². The Kier molecular flexibility index (Phi) is 41.7. The maximum atomic E-state index is 12.7. The second-order valence-corrected chi connectivity index (χ2v) is 19.6. The van der Waals surface area contributed by atoms with Crippen molar-refractivity contribution in [3.05, 3.63) is 24.3 Å². The van der Waals surface area contributed by atoms with Crippen molar-refractivity contribution in [2.75, 3.05) is 47.5 Å². The summed E-state index contributed by atoms with van der Waals surface area (Å²) in [7, 11) is 1.48. The number of allylic oxidation sites excluding steroid dienone is 4. The molecule has 0 fully saturated rings. The number of nitrogens with zero attached hydrogens (tertiary/aromatic N) is 1. The van der Waals surface area contributed by atoms with Crippen molar-refractivity contribution < 1.29 is 42.1 Å². The Morgan fingerprint density at radius 1 is 0.500 bits per heavy atom. The first-order chi connectivity index (χ1) is 29.0. The van der Waals surface area contributed by atoms with Gasteiger partial charge in [0.1, 0.15) is 19.8 Å². The molecule has 9 nitrogen and oxygen atoms in total. The number of esters is 2. The predicted octanol–water partition coefficient (Wildman–Crippen LogP) is 14.7. The standard InChI is InChI=1S/C50H96NO8P/c1-6-8-10-12-14-16-18-20-22-24-25-27-29-31-33-35-37-39-41-43-50(53)59-48(47-58-60(54,55)57-45-44-51(3,4)5)46-56-49(52)42-40-38-36-34-32-30-28-26-23-21-19-17-15-13-11-9-7-2/h17,19-20,22,48H,6-16,18,21,23-47H2,1-5H3/p+1/b19-17+,22-20+/t48-/m1/s1. The molecule has 0 rings (SSSR count). The highest BCUT2D eigenvalue weighted by Gasteiger charge is 2.27. The van der Waals surface area contributed by atoms with Crippen LogP contribution in [0.25, 0.3) is 0 Å². The van der Waals surface area contributed by atoms with E-state index in [0.717, 1.165) is 38.5 Å². The van der Waals surface area contributed by atoms with Crippen molar-refractivity contribution in [2.24, 2.45) is 0 Å². The number of hydrogen-bond acceptors (Lipinski definition) is 7. The number of ether oxygens (including phenoxy) is 2. The van der Waals surface area contributed by atoms with Gasteiger partial charge in [-0.3, -0.25) is 18.6 Å². The number of hydrogen-bond donors (Lipinski definition) is 1. The summed E-state index contributed by atoms with van der Waals surface area (Å²) in [6, 6.07) is 0. The predicted molar refractivity (Wildman–Crippen MR) is 252 cm³/mol. The summed E-state index contributed by atoms with van der Waals surface area (Å²) in [6.07, 6.45) is 47.9. The number of carbonyl (C=O) groups excluding carboxylic acids is 2. The first-order valence-electron chi connectivity index (χ1n) is 25.1. The highest BCUT2D eigenvalue weighted by Crippen LogP contribution is 2.43. The minimum absolute atomic E-state index is 0.0326. The van der Waals surface area contributed by atoms with Gasteiger partial charge in [-0.2, -0.15) is 0 Å². The number of rotatable bonds is 46. The molecular formula is C50H97NO8P+. The lowest BCUT2D eigenvalue weighted by Crippen LogP contribution is -2.37. The fraction of sp³-hybridized carbons (Fsp3) is 0.880. The summed E-state index contributed by atoms with van der Waals surface area (Å²) in [5.41, 5.74) is 0. The molecule has 0 saturated carbocycles. The molecule has 1 N–H and O–H groups in total. The van der Waals surface area contributed by atoms with Gasteiger partial charge in [-0.1, -0.05) is 179 Å². The van der Waals surface area contributed by atoms with Gasteiger partial charge in [0.2, 0.25) is 0 Å². The minimum atomic E-state index is -4.38. The molecule has 1 unspecified atom stereocenters. The van der Waals surface area contributed by atoms with Crippen LogP contribution in [0, 0.1) is 0 Å². The van der Waals surface area contributed by atoms with Crippen molar-refractivity contribution in [1.82, 2.24) is 0 Å². The molecule has 0 aliphatic rings. The van der Waals surface area contributed by atoms with Crippen molar-refractivity contribution >= 4 is 19.8 Å². The Labute approximate surface area is 370 Å². The SMILES string of the molecule is CCCCCC/C=C/CCCCCCCCCCCC(=O)OC[C@H](COP(=O)(O)OCC[N+](C)(C)C)OC(=O)CCCCCCCCCCC/C=C/CCCCCCCC. The van der Waals surface area contributed by atoms with Gasteiger partial charge in [-0.15, -0.1) is 0 Å². The molecule has 0 radical (unpaired) electrons. The molecule has 10 heteroatoms. The molecule has 60 heavy (non-hydrogen) atoms. The fourth-order valence-corrected chi connectivity index (χ4v) is 7.75. The largest absolute Gasteiger partial charge is 0.472 e. The van der Waals surface area contributed by atoms with E-state index >= 15 is 0 Å². The number of carbonyl (C=O) groups is 2. The van der Waals surface area contributed by atoms with E-state index in [9.17, 15) is 19.0 Å². The summed E-state index contributed by atoms with van der Waals surface area (Å²) in [6.45, 7) is 4.43. The average molecular weight is 871 g/mol. The molecule has 0 aromatic carbocycles. The number of likely N-dealkylation sites (N-methyl/N-ethyl adjacent to an activating group) is 1. The Morgan fingerprint density at radius 2 is 0.850 bits per heavy atom. The third-order valence-corrected chi connectivity index (χ3v) is 11.9. The number of quaternary nitrogens is 1. The zero-order valence-corrected chi connectivity index (χ0v) is 40.9. The summed E-state index contributed by atoms with van der Waals surface area (Å²) in [5, 5.41) is 0. The van der Waals surface area contributed by atoms with Crippen molar-refractivity contribution in [1.29, 1.82) is 0 Å². The number of unbranched alkanes of at least 4 members (excludes halogenated alkanes) is 28. The average Bonchev–Trinajstić information content (AvgIpc) is 3.20. The van der Waals surface area contributed by atoms with E-state index in [4.69, 9.17) is 18.5 Å². The highest BCUT2D eigenvalue weighted by atomic mass is 31.2. The highest BCUT2D eigenvalue weighted by molar-refractivity contribution is 7.47. The second kappa shape index (κ2) is 42.8. The van der Waals surface area contributed by atoms with E-state index in [1.807, 2.05) is 21.1 Å². The lowest BCUT2D eigenvalue weighted by molar-refractivity contribution is -0.870. The lowest BCUT2D eigenvalue weighted by atomic mass is 10.1. The third-order valence-electron chi connectivity index (χ3n) is 11.0. The van der Waals surface area contributed by atoms with E-state index < -0.39 is 26.5 Å². The van der Waals surface area contributed by atoms with Gasteiger partial charge in [0.15, 0.2) is 6.10 Å². The Bertz CT molecular complexity index is 1070. The molecule has 0 saturated heterocycles. The van der Waals surface area contributed by atoms with E-state index in [1.54, 1.807) is 0 Å². The van der Waals surface area contributed by atoms with Gasteiger partial charge in [-0.25, -0.2) is 4.57 Å². The lowest BCUT2D eigenvalue weighted by Gasteiger charge is -2.24. The van der Waals surface area contributed by atoms with Crippen LogP contribution in [-0.2, 0) is 32.7 Å². The minimum Gasteiger partial charge on any atom is -0.462 e. The van der Waals surface area contributed by atoms with E-state index in [0.29, 0.717) is 17.4 Å². The first-order valence-corrected chi connectivity index (χ1v) is 26.6. The summed E-state index contributed by atoms with van der Waals surface area (Å²) in [4.78, 5) is 35.5. The third kappa shape index (κ3) is 46.0. The summed E-state index contributed by atoms with van der Waals surface area (Å²) >= 11 is 0. The first kappa shape index (κ1) is 58.5. The summed E-state index contributed by atoms with van der Waals surface area (Å²) in [5.74, 6) is -0.794. The van der Waals surface area contributed by atoms with Gasteiger partial charge in [-0.05, 0) is 64.2 Å². The van der Waals surface area contributed by atoms with Crippen LogP contribution >= 0.6 is 7.82 Å². The number of phosphoric ester groups is 1. The van der Waals surface area contributed by atoms with Gasteiger partial charge in [0.25, 0.3) is 0 Å². The molecule has 0 spiro atoms. The van der Waals surface area contributed by atoms with Gasteiger partial charge < -0.3 is 18.9 Å². The molecule has 0 aliphatic carbocycles. The second-order valence-electron chi connectivity index (χ2n) is 18.2. The van der Waals surface area contributed by atoms with Crippen LogP contribution in [0.3, 0.4) is 0 Å². The van der Waals surface area contributed by atoms with Crippen LogP contribution in [0.15, 0.2) is 24.3 Å². The van der Waals surface area contributed by atoms with Crippen molar-refractivity contribution in [3.8, 4) is 0 Å². The smallest absolute Gasteiger partial charge is 0.462 e. The Balaban J connectivity index is 4.26. The number of phosphoric acid groups is 1. The Morgan fingerprint density at radius 3 is 1.25 bits per heavy atom.